The molecule has 0 bridgehead atoms. The molecule has 2 aromatic carbocycles. The molecule has 1 heterocycles. The van der Waals surface area contributed by atoms with E-state index in [2.05, 4.69) is 4.98 Å². The zero-order chi connectivity index (χ0) is 20.6. The van der Waals surface area contributed by atoms with Crippen molar-refractivity contribution in [2.45, 2.75) is 26.1 Å². The maximum absolute atomic E-state index is 12.9. The molecule has 7 heteroatoms. The van der Waals surface area contributed by atoms with Crippen molar-refractivity contribution in [2.75, 3.05) is 11.9 Å². The number of anilines is 1. The lowest BCUT2D eigenvalue weighted by atomic mass is 10.0. The summed E-state index contributed by atoms with van der Waals surface area (Å²) in [7, 11) is 1.86. The van der Waals surface area contributed by atoms with Gasteiger partial charge in [0.05, 0.1) is 28.0 Å². The van der Waals surface area contributed by atoms with Crippen LogP contribution in [-0.2, 0) is 6.18 Å². The average molecular weight is 388 g/mol. The lowest BCUT2D eigenvalue weighted by Gasteiger charge is -2.26. The van der Waals surface area contributed by atoms with Gasteiger partial charge in [0, 0.05) is 24.0 Å². The van der Waals surface area contributed by atoms with Crippen LogP contribution in [0.5, 0.6) is 0 Å². The zero-order valence-electron chi connectivity index (χ0n) is 15.6. The number of rotatable bonds is 4. The van der Waals surface area contributed by atoms with Gasteiger partial charge in [-0.3, -0.25) is 0 Å². The molecule has 0 fully saturated rings. The van der Waals surface area contributed by atoms with E-state index in [1.165, 1.54) is 18.2 Å². The Morgan fingerprint density at radius 1 is 1.07 bits per heavy atom. The van der Waals surface area contributed by atoms with E-state index in [1.54, 1.807) is 12.1 Å². The second-order valence-electron chi connectivity index (χ2n) is 6.85. The zero-order valence-corrected chi connectivity index (χ0v) is 15.6. The van der Waals surface area contributed by atoms with Crippen LogP contribution in [0.3, 0.4) is 0 Å². The van der Waals surface area contributed by atoms with Gasteiger partial charge in [-0.1, -0.05) is 12.1 Å². The van der Waals surface area contributed by atoms with Gasteiger partial charge in [0.25, 0.3) is 0 Å². The molecule has 0 aliphatic carbocycles. The molecule has 146 valence electrons. The molecule has 0 amide bonds. The number of aromatic nitrogens is 1. The first-order valence-corrected chi connectivity index (χ1v) is 8.66. The quantitative estimate of drug-likeness (QED) is 0.645. The first kappa shape index (κ1) is 19.7. The van der Waals surface area contributed by atoms with Crippen molar-refractivity contribution in [2.24, 2.45) is 0 Å². The number of carboxylic acid groups (broad SMARTS) is 1. The molecule has 0 radical (unpaired) electrons. The maximum atomic E-state index is 12.9. The highest BCUT2D eigenvalue weighted by molar-refractivity contribution is 5.96. The van der Waals surface area contributed by atoms with Crippen LogP contribution in [0.4, 0.5) is 18.9 Å². The van der Waals surface area contributed by atoms with Crippen molar-refractivity contribution >= 4 is 22.6 Å². The number of halogens is 3. The third-order valence-electron chi connectivity index (χ3n) is 4.68. The van der Waals surface area contributed by atoms with Gasteiger partial charge in [0.2, 0.25) is 0 Å². The van der Waals surface area contributed by atoms with Crippen LogP contribution in [0.15, 0.2) is 48.5 Å². The van der Waals surface area contributed by atoms with Crippen molar-refractivity contribution in [1.82, 2.24) is 4.98 Å². The normalized spacial score (nSPS) is 11.8. The highest BCUT2D eigenvalue weighted by Gasteiger charge is 2.30. The summed E-state index contributed by atoms with van der Waals surface area (Å²) in [5, 5.41) is 9.86. The maximum Gasteiger partial charge on any atom is 0.416 e. The SMILES string of the molecule is CC(C)N(C)c1cc2cc(C(=O)O)ccc2nc1-c1ccc(C(F)(F)F)cc1. The number of nitrogens with zero attached hydrogens (tertiary/aromatic N) is 2. The molecule has 1 N–H and O–H groups in total. The molecule has 4 nitrogen and oxygen atoms in total. The fourth-order valence-electron chi connectivity index (χ4n) is 2.87. The average Bonchev–Trinajstić information content (AvgIpc) is 2.65. The summed E-state index contributed by atoms with van der Waals surface area (Å²) < 4.78 is 38.6. The second-order valence-corrected chi connectivity index (χ2v) is 6.85. The van der Waals surface area contributed by atoms with Gasteiger partial charge in [0.15, 0.2) is 0 Å². The summed E-state index contributed by atoms with van der Waals surface area (Å²) in [5.41, 5.74) is 1.81. The third kappa shape index (κ3) is 3.78. The van der Waals surface area contributed by atoms with E-state index in [1.807, 2.05) is 31.9 Å². The van der Waals surface area contributed by atoms with E-state index in [0.29, 0.717) is 27.8 Å². The number of pyridine rings is 1. The number of carboxylic acids is 1. The molecule has 0 aliphatic rings. The minimum atomic E-state index is -4.40. The van der Waals surface area contributed by atoms with Crippen molar-refractivity contribution < 1.29 is 23.1 Å². The molecule has 0 aliphatic heterocycles. The molecule has 0 saturated carbocycles. The third-order valence-corrected chi connectivity index (χ3v) is 4.68. The first-order chi connectivity index (χ1) is 13.1. The number of fused-ring (bicyclic) bond motifs is 1. The Hall–Kier alpha value is -3.09. The van der Waals surface area contributed by atoms with Crippen molar-refractivity contribution in [3.8, 4) is 11.3 Å². The summed E-state index contributed by atoms with van der Waals surface area (Å²) in [5.74, 6) is -1.03. The van der Waals surface area contributed by atoms with E-state index in [-0.39, 0.29) is 11.6 Å². The highest BCUT2D eigenvalue weighted by Crippen LogP contribution is 2.35. The number of aromatic carboxylic acids is 1. The van der Waals surface area contributed by atoms with Crippen LogP contribution >= 0.6 is 0 Å². The molecule has 0 atom stereocenters. The molecule has 3 aromatic rings. The number of hydrogen-bond acceptors (Lipinski definition) is 3. The number of alkyl halides is 3. The fourth-order valence-corrected chi connectivity index (χ4v) is 2.87. The minimum absolute atomic E-state index is 0.107. The van der Waals surface area contributed by atoms with Crippen LogP contribution in [-0.4, -0.2) is 29.1 Å². The topological polar surface area (TPSA) is 53.4 Å². The first-order valence-electron chi connectivity index (χ1n) is 8.66. The Morgan fingerprint density at radius 2 is 1.71 bits per heavy atom. The Bertz CT molecular complexity index is 1030. The van der Waals surface area contributed by atoms with E-state index < -0.39 is 17.7 Å². The van der Waals surface area contributed by atoms with Gasteiger partial charge in [-0.2, -0.15) is 13.2 Å². The molecule has 0 spiro atoms. The van der Waals surface area contributed by atoms with Crippen LogP contribution in [0, 0.1) is 0 Å². The number of hydrogen-bond donors (Lipinski definition) is 1. The lowest BCUT2D eigenvalue weighted by molar-refractivity contribution is -0.137. The Morgan fingerprint density at radius 3 is 2.25 bits per heavy atom. The van der Waals surface area contributed by atoms with Crippen LogP contribution in [0.25, 0.3) is 22.2 Å². The van der Waals surface area contributed by atoms with E-state index >= 15 is 0 Å². The molecule has 0 unspecified atom stereocenters. The van der Waals surface area contributed by atoms with E-state index in [0.717, 1.165) is 12.1 Å². The predicted octanol–water partition coefficient (Wildman–Crippen LogP) is 5.46. The van der Waals surface area contributed by atoms with Gasteiger partial charge in [-0.15, -0.1) is 0 Å². The second kappa shape index (κ2) is 7.14. The van der Waals surface area contributed by atoms with Crippen molar-refractivity contribution in [3.63, 3.8) is 0 Å². The van der Waals surface area contributed by atoms with E-state index in [4.69, 9.17) is 0 Å². The fraction of sp³-hybridized carbons (Fsp3) is 0.238. The summed E-state index contributed by atoms with van der Waals surface area (Å²) in [6.07, 6.45) is -4.40. The summed E-state index contributed by atoms with van der Waals surface area (Å²) in [4.78, 5) is 17.8. The Labute approximate surface area is 160 Å². The predicted molar refractivity (Wildman–Crippen MR) is 103 cm³/mol. The van der Waals surface area contributed by atoms with Gasteiger partial charge >= 0.3 is 12.1 Å². The molecule has 28 heavy (non-hydrogen) atoms. The van der Waals surface area contributed by atoms with E-state index in [9.17, 15) is 23.1 Å². The molecular weight excluding hydrogens is 369 g/mol. The van der Waals surface area contributed by atoms with Crippen LogP contribution < -0.4 is 4.90 Å². The van der Waals surface area contributed by atoms with Gasteiger partial charge in [-0.25, -0.2) is 9.78 Å². The summed E-state index contributed by atoms with van der Waals surface area (Å²) >= 11 is 0. The highest BCUT2D eigenvalue weighted by atomic mass is 19.4. The smallest absolute Gasteiger partial charge is 0.416 e. The largest absolute Gasteiger partial charge is 0.478 e. The molecule has 0 saturated heterocycles. The van der Waals surface area contributed by atoms with Crippen molar-refractivity contribution in [3.05, 3.63) is 59.7 Å². The molecule has 3 rings (SSSR count). The van der Waals surface area contributed by atoms with Crippen LogP contribution in [0.2, 0.25) is 0 Å². The van der Waals surface area contributed by atoms with Gasteiger partial charge in [0.1, 0.15) is 0 Å². The van der Waals surface area contributed by atoms with Gasteiger partial charge in [-0.05, 0) is 50.2 Å². The summed E-state index contributed by atoms with van der Waals surface area (Å²) in [6.45, 7) is 3.96. The number of carbonyl (C=O) groups is 1. The minimum Gasteiger partial charge on any atom is -0.478 e. The number of benzene rings is 2. The Balaban J connectivity index is 2.20. The van der Waals surface area contributed by atoms with Crippen LogP contribution in [0.1, 0.15) is 29.8 Å². The lowest BCUT2D eigenvalue weighted by Crippen LogP contribution is -2.26. The van der Waals surface area contributed by atoms with Crippen molar-refractivity contribution in [1.29, 1.82) is 0 Å². The standard InChI is InChI=1S/C21H19F3N2O2/c1-12(2)26(3)18-11-15-10-14(20(27)28)6-9-17(15)25-19(18)13-4-7-16(8-5-13)21(22,23)24/h4-12H,1-3H3,(H,27,28). The monoisotopic (exact) mass is 388 g/mol. The summed E-state index contributed by atoms with van der Waals surface area (Å²) in [6, 6.07) is 11.4. The molecular formula is C21H19F3N2O2. The molecule has 1 aromatic heterocycles. The Kier molecular flexibility index (Phi) is 5.02. The van der Waals surface area contributed by atoms with Gasteiger partial charge < -0.3 is 10.0 Å².